The molecule has 134 valence electrons. The minimum Gasteiger partial charge on any atom is -0.496 e. The molecule has 0 spiro atoms. The van der Waals surface area contributed by atoms with E-state index >= 15 is 0 Å². The van der Waals surface area contributed by atoms with Crippen molar-refractivity contribution in [3.63, 3.8) is 0 Å². The van der Waals surface area contributed by atoms with Gasteiger partial charge in [0.25, 0.3) is 5.91 Å². The van der Waals surface area contributed by atoms with Crippen molar-refractivity contribution in [3.8, 4) is 5.75 Å². The first-order chi connectivity index (χ1) is 12.1. The lowest BCUT2D eigenvalue weighted by atomic mass is 10.1. The first-order valence-electron chi connectivity index (χ1n) is 8.72. The molecule has 0 fully saturated rings. The van der Waals surface area contributed by atoms with Gasteiger partial charge in [0.15, 0.2) is 0 Å². The first kappa shape index (κ1) is 19.0. The molecular formula is C21H27NO3. The van der Waals surface area contributed by atoms with Gasteiger partial charge in [0.1, 0.15) is 5.75 Å². The fourth-order valence-corrected chi connectivity index (χ4v) is 2.45. The number of carbonyl (C=O) groups excluding carboxylic acids is 1. The van der Waals surface area contributed by atoms with Gasteiger partial charge in [-0.3, -0.25) is 4.79 Å². The van der Waals surface area contributed by atoms with E-state index < -0.39 is 0 Å². The number of carbonyl (C=O) groups is 1. The van der Waals surface area contributed by atoms with E-state index in [1.54, 1.807) is 13.2 Å². The average molecular weight is 341 g/mol. The number of aryl methyl sites for hydroxylation is 1. The van der Waals surface area contributed by atoms with Crippen LogP contribution in [-0.2, 0) is 17.9 Å². The fraction of sp³-hybridized carbons (Fsp3) is 0.381. The maximum absolute atomic E-state index is 12.4. The number of methoxy groups -OCH3 is 1. The molecule has 0 unspecified atom stereocenters. The zero-order valence-corrected chi connectivity index (χ0v) is 15.3. The predicted octanol–water partition coefficient (Wildman–Crippen LogP) is 4.25. The monoisotopic (exact) mass is 341 g/mol. The number of unbranched alkanes of at least 4 members (excludes halogenated alkanes) is 1. The lowest BCUT2D eigenvalue weighted by Crippen LogP contribution is -2.23. The van der Waals surface area contributed by atoms with Crippen LogP contribution >= 0.6 is 0 Å². The van der Waals surface area contributed by atoms with Crippen LogP contribution in [0.4, 0.5) is 0 Å². The van der Waals surface area contributed by atoms with E-state index in [0.717, 1.165) is 29.7 Å². The Balaban J connectivity index is 1.99. The number of nitrogens with one attached hydrogen (secondary N) is 1. The summed E-state index contributed by atoms with van der Waals surface area (Å²) in [6.07, 6.45) is 2.12. The largest absolute Gasteiger partial charge is 0.496 e. The molecule has 0 heterocycles. The summed E-state index contributed by atoms with van der Waals surface area (Å²) < 4.78 is 11.0. The molecule has 0 aliphatic carbocycles. The Morgan fingerprint density at radius 2 is 1.88 bits per heavy atom. The molecule has 0 saturated carbocycles. The highest BCUT2D eigenvalue weighted by Crippen LogP contribution is 2.21. The number of amides is 1. The van der Waals surface area contributed by atoms with Crippen molar-refractivity contribution in [2.24, 2.45) is 0 Å². The summed E-state index contributed by atoms with van der Waals surface area (Å²) in [6, 6.07) is 13.6. The number of hydrogen-bond acceptors (Lipinski definition) is 3. The molecule has 0 saturated heterocycles. The van der Waals surface area contributed by atoms with E-state index in [1.165, 1.54) is 5.56 Å². The number of ether oxygens (including phenoxy) is 2. The normalized spacial score (nSPS) is 10.5. The Morgan fingerprint density at radius 3 is 2.56 bits per heavy atom. The number of benzene rings is 2. The van der Waals surface area contributed by atoms with Crippen LogP contribution in [-0.4, -0.2) is 19.6 Å². The van der Waals surface area contributed by atoms with E-state index in [0.29, 0.717) is 25.3 Å². The van der Waals surface area contributed by atoms with E-state index in [9.17, 15) is 4.79 Å². The third kappa shape index (κ3) is 5.91. The van der Waals surface area contributed by atoms with Gasteiger partial charge in [-0.05, 0) is 37.1 Å². The summed E-state index contributed by atoms with van der Waals surface area (Å²) in [5.74, 6) is 0.643. The molecule has 1 N–H and O–H groups in total. The molecule has 25 heavy (non-hydrogen) atoms. The highest BCUT2D eigenvalue weighted by Gasteiger charge is 2.10. The zero-order chi connectivity index (χ0) is 18.1. The van der Waals surface area contributed by atoms with Crippen molar-refractivity contribution in [3.05, 3.63) is 64.7 Å². The summed E-state index contributed by atoms with van der Waals surface area (Å²) in [6.45, 7) is 5.84. The second-order valence-electron chi connectivity index (χ2n) is 6.10. The predicted molar refractivity (Wildman–Crippen MR) is 99.9 cm³/mol. The molecule has 0 atom stereocenters. The lowest BCUT2D eigenvalue weighted by molar-refractivity contribution is 0.0949. The first-order valence-corrected chi connectivity index (χ1v) is 8.72. The van der Waals surface area contributed by atoms with Gasteiger partial charge in [-0.1, -0.05) is 43.2 Å². The smallest absolute Gasteiger partial charge is 0.251 e. The molecule has 2 aromatic rings. The van der Waals surface area contributed by atoms with Gasteiger partial charge in [0.05, 0.1) is 13.7 Å². The van der Waals surface area contributed by atoms with Crippen LogP contribution in [0.2, 0.25) is 0 Å². The van der Waals surface area contributed by atoms with E-state index in [-0.39, 0.29) is 5.91 Å². The summed E-state index contributed by atoms with van der Waals surface area (Å²) in [4.78, 5) is 12.4. The third-order valence-electron chi connectivity index (χ3n) is 4.02. The Bertz CT molecular complexity index is 680. The van der Waals surface area contributed by atoms with E-state index in [4.69, 9.17) is 9.47 Å². The van der Waals surface area contributed by atoms with Gasteiger partial charge >= 0.3 is 0 Å². The Hall–Kier alpha value is -2.33. The summed E-state index contributed by atoms with van der Waals surface area (Å²) in [5.41, 5.74) is 3.79. The molecule has 2 rings (SSSR count). The van der Waals surface area contributed by atoms with E-state index in [1.807, 2.05) is 43.3 Å². The highest BCUT2D eigenvalue weighted by molar-refractivity contribution is 5.94. The summed E-state index contributed by atoms with van der Waals surface area (Å²) in [7, 11) is 1.63. The van der Waals surface area contributed by atoms with Crippen LogP contribution in [0.25, 0.3) is 0 Å². The third-order valence-corrected chi connectivity index (χ3v) is 4.02. The fourth-order valence-electron chi connectivity index (χ4n) is 2.45. The van der Waals surface area contributed by atoms with Crippen molar-refractivity contribution in [1.82, 2.24) is 5.32 Å². The van der Waals surface area contributed by atoms with Crippen molar-refractivity contribution < 1.29 is 14.3 Å². The summed E-state index contributed by atoms with van der Waals surface area (Å²) >= 11 is 0. The average Bonchev–Trinajstić information content (AvgIpc) is 2.64. The molecule has 1 amide bonds. The lowest BCUT2D eigenvalue weighted by Gasteiger charge is -2.12. The van der Waals surface area contributed by atoms with Crippen LogP contribution in [0.5, 0.6) is 5.75 Å². The van der Waals surface area contributed by atoms with Crippen molar-refractivity contribution in [2.75, 3.05) is 13.7 Å². The van der Waals surface area contributed by atoms with Crippen LogP contribution < -0.4 is 10.1 Å². The molecular weight excluding hydrogens is 314 g/mol. The molecule has 4 heteroatoms. The minimum atomic E-state index is -0.0990. The maximum Gasteiger partial charge on any atom is 0.251 e. The van der Waals surface area contributed by atoms with Gasteiger partial charge in [-0.25, -0.2) is 0 Å². The molecule has 0 bridgehead atoms. The van der Waals surface area contributed by atoms with Crippen molar-refractivity contribution in [1.29, 1.82) is 0 Å². The standard InChI is InChI=1S/C21H27NO3/c1-4-5-12-25-15-19-13-18(10-11-20(19)24-3)21(23)22-14-17-8-6-16(2)7-9-17/h6-11,13H,4-5,12,14-15H2,1-3H3,(H,22,23). The van der Waals surface area contributed by atoms with Gasteiger partial charge in [0, 0.05) is 24.3 Å². The molecule has 0 aliphatic rings. The SMILES string of the molecule is CCCCOCc1cc(C(=O)NCc2ccc(C)cc2)ccc1OC. The molecule has 0 aromatic heterocycles. The highest BCUT2D eigenvalue weighted by atomic mass is 16.5. The van der Waals surface area contributed by atoms with Crippen LogP contribution in [0.3, 0.4) is 0 Å². The Kier molecular flexibility index (Phi) is 7.48. The quantitative estimate of drug-likeness (QED) is 0.694. The van der Waals surface area contributed by atoms with Gasteiger partial charge < -0.3 is 14.8 Å². The Labute approximate surface area is 150 Å². The number of rotatable bonds is 9. The van der Waals surface area contributed by atoms with E-state index in [2.05, 4.69) is 12.2 Å². The second kappa shape index (κ2) is 9.84. The molecule has 0 aliphatic heterocycles. The second-order valence-corrected chi connectivity index (χ2v) is 6.10. The van der Waals surface area contributed by atoms with Gasteiger partial charge in [-0.2, -0.15) is 0 Å². The zero-order valence-electron chi connectivity index (χ0n) is 15.3. The minimum absolute atomic E-state index is 0.0990. The number of hydrogen-bond donors (Lipinski definition) is 1. The van der Waals surface area contributed by atoms with Crippen LogP contribution in [0.1, 0.15) is 46.8 Å². The maximum atomic E-state index is 12.4. The van der Waals surface area contributed by atoms with Crippen molar-refractivity contribution in [2.45, 2.75) is 39.8 Å². The molecule has 2 aromatic carbocycles. The van der Waals surface area contributed by atoms with Crippen LogP contribution in [0, 0.1) is 6.92 Å². The van der Waals surface area contributed by atoms with Crippen LogP contribution in [0.15, 0.2) is 42.5 Å². The molecule has 0 radical (unpaired) electrons. The van der Waals surface area contributed by atoms with Gasteiger partial charge in [0.2, 0.25) is 0 Å². The van der Waals surface area contributed by atoms with Gasteiger partial charge in [-0.15, -0.1) is 0 Å². The van der Waals surface area contributed by atoms with Crippen molar-refractivity contribution >= 4 is 5.91 Å². The Morgan fingerprint density at radius 1 is 1.12 bits per heavy atom. The molecule has 4 nitrogen and oxygen atoms in total. The topological polar surface area (TPSA) is 47.6 Å². The summed E-state index contributed by atoms with van der Waals surface area (Å²) in [5, 5.41) is 2.96.